The molecule has 6 heteroatoms. The third-order valence-corrected chi connectivity index (χ3v) is 4.55. The molecule has 110 valence electrons. The van der Waals surface area contributed by atoms with Crippen molar-refractivity contribution in [1.29, 1.82) is 0 Å². The molecule has 0 radical (unpaired) electrons. The first-order valence-electron chi connectivity index (χ1n) is 6.13. The molecule has 0 aliphatic rings. The third kappa shape index (κ3) is 3.27. The van der Waals surface area contributed by atoms with Gasteiger partial charge >= 0.3 is 0 Å². The van der Waals surface area contributed by atoms with Crippen LogP contribution in [0.1, 0.15) is 12.5 Å². The zero-order valence-electron chi connectivity index (χ0n) is 11.2. The summed E-state index contributed by atoms with van der Waals surface area (Å²) in [7, 11) is 0. The summed E-state index contributed by atoms with van der Waals surface area (Å²) >= 11 is 6.54. The zero-order chi connectivity index (χ0) is 15.6. The summed E-state index contributed by atoms with van der Waals surface area (Å²) in [5.74, 6) is -0.955. The first kappa shape index (κ1) is 16.0. The van der Waals surface area contributed by atoms with Gasteiger partial charge in [0.15, 0.2) is 0 Å². The summed E-state index contributed by atoms with van der Waals surface area (Å²) in [6.07, 6.45) is 0. The quantitative estimate of drug-likeness (QED) is 0.787. The van der Waals surface area contributed by atoms with Crippen molar-refractivity contribution < 1.29 is 9.18 Å². The molecule has 2 aromatic carbocycles. The number of halogens is 3. The molecule has 0 aliphatic carbocycles. The number of primary amides is 1. The fourth-order valence-corrected chi connectivity index (χ4v) is 2.68. The van der Waals surface area contributed by atoms with Crippen LogP contribution in [-0.2, 0) is 10.3 Å². The van der Waals surface area contributed by atoms with Crippen molar-refractivity contribution >= 4 is 43.5 Å². The normalized spacial score (nSPS) is 13.5. The third-order valence-electron chi connectivity index (χ3n) is 3.25. The Balaban J connectivity index is 2.48. The van der Waals surface area contributed by atoms with Gasteiger partial charge in [-0.2, -0.15) is 0 Å². The summed E-state index contributed by atoms with van der Waals surface area (Å²) < 4.78 is 14.5. The Labute approximate surface area is 139 Å². The second-order valence-electron chi connectivity index (χ2n) is 4.72. The van der Waals surface area contributed by atoms with E-state index in [-0.39, 0.29) is 4.47 Å². The average Bonchev–Trinajstić information content (AvgIpc) is 2.44. The minimum absolute atomic E-state index is 0.279. The molecule has 21 heavy (non-hydrogen) atoms. The van der Waals surface area contributed by atoms with E-state index in [0.717, 1.165) is 10.2 Å². The molecule has 0 aliphatic heterocycles. The first-order valence-corrected chi connectivity index (χ1v) is 7.71. The predicted octanol–water partition coefficient (Wildman–Crippen LogP) is 4.16. The average molecular weight is 416 g/mol. The predicted molar refractivity (Wildman–Crippen MR) is 88.4 cm³/mol. The van der Waals surface area contributed by atoms with Gasteiger partial charge < -0.3 is 11.1 Å². The number of carbonyl (C=O) groups excluding carboxylic acids is 1. The molecular weight excluding hydrogens is 403 g/mol. The largest absolute Gasteiger partial charge is 0.367 e. The molecule has 1 unspecified atom stereocenters. The molecule has 0 saturated heterocycles. The molecule has 3 nitrogen and oxygen atoms in total. The molecule has 0 saturated carbocycles. The van der Waals surface area contributed by atoms with E-state index in [0.29, 0.717) is 5.56 Å². The number of rotatable bonds is 4. The number of para-hydroxylation sites is 1. The van der Waals surface area contributed by atoms with Gasteiger partial charge in [-0.25, -0.2) is 4.39 Å². The smallest absolute Gasteiger partial charge is 0.247 e. The summed E-state index contributed by atoms with van der Waals surface area (Å²) in [4.78, 5) is 12.0. The molecule has 2 aromatic rings. The molecule has 2 rings (SSSR count). The van der Waals surface area contributed by atoms with Gasteiger partial charge in [0.05, 0.1) is 4.47 Å². The van der Waals surface area contributed by atoms with E-state index >= 15 is 0 Å². The first-order chi connectivity index (χ1) is 9.84. The Bertz CT molecular complexity index is 693. The topological polar surface area (TPSA) is 55.1 Å². The molecule has 1 amide bonds. The molecule has 0 spiro atoms. The molecular formula is C15H13Br2FN2O. The van der Waals surface area contributed by atoms with E-state index in [1.54, 1.807) is 13.0 Å². The number of carbonyl (C=O) groups is 1. The van der Waals surface area contributed by atoms with E-state index in [1.165, 1.54) is 12.1 Å². The maximum Gasteiger partial charge on any atom is 0.247 e. The van der Waals surface area contributed by atoms with Crippen LogP contribution in [0.2, 0.25) is 0 Å². The summed E-state index contributed by atoms with van der Waals surface area (Å²) in [5, 5.41) is 3.12. The molecule has 0 bridgehead atoms. The van der Waals surface area contributed by atoms with Crippen LogP contribution in [0, 0.1) is 5.82 Å². The summed E-state index contributed by atoms with van der Waals surface area (Å²) in [6.45, 7) is 1.66. The van der Waals surface area contributed by atoms with E-state index < -0.39 is 17.3 Å². The highest BCUT2D eigenvalue weighted by Crippen LogP contribution is 2.32. The van der Waals surface area contributed by atoms with Crippen LogP contribution in [-0.4, -0.2) is 5.91 Å². The fraction of sp³-hybridized carbons (Fsp3) is 0.133. The number of nitrogens with one attached hydrogen (secondary N) is 1. The Hall–Kier alpha value is -1.40. The molecule has 1 atom stereocenters. The van der Waals surface area contributed by atoms with Crippen molar-refractivity contribution in [3.8, 4) is 0 Å². The Kier molecular flexibility index (Phi) is 4.68. The molecule has 0 fully saturated rings. The Morgan fingerprint density at radius 2 is 1.86 bits per heavy atom. The Morgan fingerprint density at radius 3 is 2.43 bits per heavy atom. The Morgan fingerprint density at radius 1 is 1.19 bits per heavy atom. The minimum atomic E-state index is -1.17. The van der Waals surface area contributed by atoms with Crippen molar-refractivity contribution in [2.75, 3.05) is 5.32 Å². The SMILES string of the molecule is CC(Nc1ccccc1Br)(C(N)=O)c1ccc(F)c(Br)c1. The summed E-state index contributed by atoms with van der Waals surface area (Å²) in [6, 6.07) is 11.8. The van der Waals surface area contributed by atoms with Crippen LogP contribution in [0.5, 0.6) is 0 Å². The van der Waals surface area contributed by atoms with E-state index in [2.05, 4.69) is 37.2 Å². The van der Waals surface area contributed by atoms with Crippen molar-refractivity contribution in [3.05, 3.63) is 62.8 Å². The van der Waals surface area contributed by atoms with Gasteiger partial charge in [-0.05, 0) is 68.6 Å². The highest BCUT2D eigenvalue weighted by atomic mass is 79.9. The monoisotopic (exact) mass is 414 g/mol. The second-order valence-corrected chi connectivity index (χ2v) is 6.43. The van der Waals surface area contributed by atoms with Crippen molar-refractivity contribution in [2.45, 2.75) is 12.5 Å². The van der Waals surface area contributed by atoms with Gasteiger partial charge in [-0.1, -0.05) is 18.2 Å². The van der Waals surface area contributed by atoms with Crippen LogP contribution in [0.3, 0.4) is 0 Å². The van der Waals surface area contributed by atoms with Gasteiger partial charge in [0, 0.05) is 10.2 Å². The second kappa shape index (κ2) is 6.15. The number of amides is 1. The highest BCUT2D eigenvalue weighted by Gasteiger charge is 2.34. The minimum Gasteiger partial charge on any atom is -0.367 e. The lowest BCUT2D eigenvalue weighted by Crippen LogP contribution is -2.45. The van der Waals surface area contributed by atoms with Crippen molar-refractivity contribution in [2.24, 2.45) is 5.73 Å². The fourth-order valence-electron chi connectivity index (χ4n) is 1.92. The maximum atomic E-state index is 13.4. The number of anilines is 1. The van der Waals surface area contributed by atoms with Crippen LogP contribution in [0.15, 0.2) is 51.4 Å². The number of hydrogen-bond acceptors (Lipinski definition) is 2. The highest BCUT2D eigenvalue weighted by molar-refractivity contribution is 9.10. The van der Waals surface area contributed by atoms with E-state index in [4.69, 9.17) is 5.73 Å². The van der Waals surface area contributed by atoms with Gasteiger partial charge in [-0.3, -0.25) is 4.79 Å². The number of hydrogen-bond donors (Lipinski definition) is 2. The lowest BCUT2D eigenvalue weighted by atomic mass is 9.90. The van der Waals surface area contributed by atoms with Crippen LogP contribution < -0.4 is 11.1 Å². The maximum absolute atomic E-state index is 13.4. The molecule has 0 heterocycles. The molecule has 3 N–H and O–H groups in total. The lowest BCUT2D eigenvalue weighted by molar-refractivity contribution is -0.122. The zero-order valence-corrected chi connectivity index (χ0v) is 14.3. The summed E-state index contributed by atoms with van der Waals surface area (Å²) in [5.41, 5.74) is 5.69. The van der Waals surface area contributed by atoms with E-state index in [9.17, 15) is 9.18 Å². The van der Waals surface area contributed by atoms with Gasteiger partial charge in [0.2, 0.25) is 5.91 Å². The molecule has 0 aromatic heterocycles. The van der Waals surface area contributed by atoms with Crippen LogP contribution in [0.25, 0.3) is 0 Å². The van der Waals surface area contributed by atoms with Crippen molar-refractivity contribution in [3.63, 3.8) is 0 Å². The van der Waals surface area contributed by atoms with Crippen LogP contribution in [0.4, 0.5) is 10.1 Å². The van der Waals surface area contributed by atoms with Crippen molar-refractivity contribution in [1.82, 2.24) is 0 Å². The van der Waals surface area contributed by atoms with Gasteiger partial charge in [0.1, 0.15) is 11.4 Å². The standard InChI is InChI=1S/C15H13Br2FN2O/c1-15(14(19)21,9-6-7-12(18)11(17)8-9)20-13-5-3-2-4-10(13)16/h2-8,20H,1H3,(H2,19,21). The van der Waals surface area contributed by atoms with Gasteiger partial charge in [-0.15, -0.1) is 0 Å². The number of nitrogens with two attached hydrogens (primary N) is 1. The lowest BCUT2D eigenvalue weighted by Gasteiger charge is -2.30. The number of benzene rings is 2. The van der Waals surface area contributed by atoms with Crippen LogP contribution >= 0.6 is 31.9 Å². The van der Waals surface area contributed by atoms with Gasteiger partial charge in [0.25, 0.3) is 0 Å². The van der Waals surface area contributed by atoms with E-state index in [1.807, 2.05) is 24.3 Å².